The van der Waals surface area contributed by atoms with Gasteiger partial charge in [-0.25, -0.2) is 4.79 Å². The van der Waals surface area contributed by atoms with E-state index >= 15 is 0 Å². The van der Waals surface area contributed by atoms with E-state index in [2.05, 4.69) is 46.3 Å². The molecule has 1 fully saturated rings. The molecule has 0 atom stereocenters. The van der Waals surface area contributed by atoms with Crippen LogP contribution in [-0.2, 0) is 28.1 Å². The average molecular weight is 498 g/mol. The van der Waals surface area contributed by atoms with Gasteiger partial charge in [-0.1, -0.05) is 54.6 Å². The molecule has 1 saturated heterocycles. The normalized spacial score (nSPS) is 16.9. The summed E-state index contributed by atoms with van der Waals surface area (Å²) in [6.07, 6.45) is 0.398. The predicted octanol–water partition coefficient (Wildman–Crippen LogP) is 4.80. The maximum absolute atomic E-state index is 13.7. The maximum Gasteiger partial charge on any atom is 0.490 e. The second-order valence-corrected chi connectivity index (χ2v) is 8.92. The molecule has 1 N–H and O–H groups in total. The number of carbonyl (C=O) groups is 2. The van der Waals surface area contributed by atoms with E-state index in [0.717, 1.165) is 38.2 Å². The summed E-state index contributed by atoms with van der Waals surface area (Å²) in [4.78, 5) is 31.3. The highest BCUT2D eigenvalue weighted by Crippen LogP contribution is 2.48. The van der Waals surface area contributed by atoms with E-state index < -0.39 is 12.1 Å². The van der Waals surface area contributed by atoms with Gasteiger partial charge in [-0.3, -0.25) is 14.7 Å². The van der Waals surface area contributed by atoms with Crippen LogP contribution < -0.4 is 4.90 Å². The number of carboxylic acids is 1. The molecule has 0 unspecified atom stereocenters. The first-order valence-electron chi connectivity index (χ1n) is 11.6. The number of rotatable bonds is 4. The number of nitrogens with zero attached hydrogens (tertiary/aromatic N) is 3. The van der Waals surface area contributed by atoms with E-state index in [1.54, 1.807) is 0 Å². The van der Waals surface area contributed by atoms with E-state index in [4.69, 9.17) is 9.90 Å². The maximum atomic E-state index is 13.7. The first kappa shape index (κ1) is 25.4. The molecule has 36 heavy (non-hydrogen) atoms. The molecule has 3 heterocycles. The number of carboxylic acid groups (broad SMARTS) is 1. The van der Waals surface area contributed by atoms with Crippen LogP contribution >= 0.6 is 0 Å². The molecule has 0 aliphatic carbocycles. The topological polar surface area (TPSA) is 73.7 Å². The number of aliphatic carboxylic acids is 1. The molecule has 2 aliphatic heterocycles. The summed E-state index contributed by atoms with van der Waals surface area (Å²) in [5.74, 6) is -2.49. The third-order valence-corrected chi connectivity index (χ3v) is 6.63. The number of benzene rings is 2. The van der Waals surface area contributed by atoms with Crippen LogP contribution in [0.5, 0.6) is 0 Å². The van der Waals surface area contributed by atoms with Gasteiger partial charge in [0.05, 0.1) is 12.0 Å². The van der Waals surface area contributed by atoms with Crippen molar-refractivity contribution in [2.75, 3.05) is 18.0 Å². The lowest BCUT2D eigenvalue weighted by molar-refractivity contribution is -0.192. The van der Waals surface area contributed by atoms with Crippen LogP contribution in [0, 0.1) is 0 Å². The quantitative estimate of drug-likeness (QED) is 0.561. The minimum Gasteiger partial charge on any atom is -0.475 e. The molecular weight excluding hydrogens is 471 g/mol. The summed E-state index contributed by atoms with van der Waals surface area (Å²) in [5.41, 5.74) is 4.31. The Morgan fingerprint density at radius 3 is 2.14 bits per heavy atom. The molecule has 5 rings (SSSR count). The Hall–Kier alpha value is -3.72. The number of anilines is 1. The van der Waals surface area contributed by atoms with Crippen LogP contribution in [0.15, 0.2) is 79.1 Å². The number of alkyl halides is 3. The van der Waals surface area contributed by atoms with Gasteiger partial charge >= 0.3 is 12.1 Å². The zero-order valence-electron chi connectivity index (χ0n) is 19.5. The van der Waals surface area contributed by atoms with E-state index in [1.165, 1.54) is 16.7 Å². The lowest BCUT2D eigenvalue weighted by Gasteiger charge is -2.38. The fourth-order valence-electron chi connectivity index (χ4n) is 4.85. The number of hydrogen-bond donors (Lipinski definition) is 1. The highest BCUT2D eigenvalue weighted by Gasteiger charge is 2.51. The van der Waals surface area contributed by atoms with Crippen molar-refractivity contribution < 1.29 is 27.9 Å². The molecule has 3 aromatic rings. The highest BCUT2D eigenvalue weighted by atomic mass is 19.4. The van der Waals surface area contributed by atoms with E-state index in [-0.39, 0.29) is 11.3 Å². The average Bonchev–Trinajstić information content (AvgIpc) is 3.09. The summed E-state index contributed by atoms with van der Waals surface area (Å²) < 4.78 is 31.7. The SMILES string of the molecule is O=C(O)C(F)(F)F.O=C1N(Cc2ccccc2)c2ccccc2C12CCN(Cc1cccnc1)CC2. The number of hydrogen-bond acceptors (Lipinski definition) is 4. The first-order valence-corrected chi connectivity index (χ1v) is 11.6. The predicted molar refractivity (Wildman–Crippen MR) is 128 cm³/mol. The largest absolute Gasteiger partial charge is 0.490 e. The molecule has 1 spiro atoms. The van der Waals surface area contributed by atoms with Gasteiger partial charge in [0.2, 0.25) is 5.91 Å². The van der Waals surface area contributed by atoms with Gasteiger partial charge in [-0.15, -0.1) is 0 Å². The molecule has 2 aromatic carbocycles. The third-order valence-electron chi connectivity index (χ3n) is 6.63. The van der Waals surface area contributed by atoms with Gasteiger partial charge in [0.1, 0.15) is 0 Å². The number of carbonyl (C=O) groups excluding carboxylic acids is 1. The van der Waals surface area contributed by atoms with Gasteiger partial charge in [-0.05, 0) is 54.8 Å². The Bertz CT molecular complexity index is 1190. The van der Waals surface area contributed by atoms with Gasteiger partial charge in [0.15, 0.2) is 0 Å². The second kappa shape index (κ2) is 10.5. The molecule has 0 radical (unpaired) electrons. The van der Waals surface area contributed by atoms with Crippen LogP contribution in [0.25, 0.3) is 0 Å². The number of piperidine rings is 1. The minimum atomic E-state index is -5.08. The molecule has 188 valence electrons. The van der Waals surface area contributed by atoms with E-state index in [9.17, 15) is 18.0 Å². The Morgan fingerprint density at radius 2 is 1.53 bits per heavy atom. The summed E-state index contributed by atoms with van der Waals surface area (Å²) in [6.45, 7) is 3.38. The van der Waals surface area contributed by atoms with Crippen molar-refractivity contribution in [1.82, 2.24) is 9.88 Å². The number of pyridine rings is 1. The van der Waals surface area contributed by atoms with Gasteiger partial charge in [0, 0.05) is 24.6 Å². The molecule has 0 bridgehead atoms. The van der Waals surface area contributed by atoms with Crippen LogP contribution in [0.3, 0.4) is 0 Å². The number of fused-ring (bicyclic) bond motifs is 2. The van der Waals surface area contributed by atoms with Gasteiger partial charge < -0.3 is 10.0 Å². The number of halogens is 3. The van der Waals surface area contributed by atoms with Gasteiger partial charge in [-0.2, -0.15) is 13.2 Å². The molecule has 6 nitrogen and oxygen atoms in total. The lowest BCUT2D eigenvalue weighted by atomic mass is 9.73. The van der Waals surface area contributed by atoms with E-state index in [1.807, 2.05) is 47.6 Å². The molecule has 1 amide bonds. The first-order chi connectivity index (χ1) is 17.2. The Morgan fingerprint density at radius 1 is 0.917 bits per heavy atom. The van der Waals surface area contributed by atoms with Crippen LogP contribution in [-0.4, -0.2) is 46.1 Å². The van der Waals surface area contributed by atoms with Crippen molar-refractivity contribution in [3.05, 3.63) is 95.8 Å². The Balaban J connectivity index is 0.000000384. The molecule has 2 aliphatic rings. The fourth-order valence-corrected chi connectivity index (χ4v) is 4.85. The lowest BCUT2D eigenvalue weighted by Crippen LogP contribution is -2.48. The van der Waals surface area contributed by atoms with Crippen molar-refractivity contribution in [3.8, 4) is 0 Å². The van der Waals surface area contributed by atoms with Crippen LogP contribution in [0.4, 0.5) is 18.9 Å². The van der Waals surface area contributed by atoms with Crippen LogP contribution in [0.1, 0.15) is 29.5 Å². The van der Waals surface area contributed by atoms with Crippen molar-refractivity contribution in [2.45, 2.75) is 37.5 Å². The number of likely N-dealkylation sites (tertiary alicyclic amines) is 1. The molecule has 1 aromatic heterocycles. The third kappa shape index (κ3) is 5.41. The summed E-state index contributed by atoms with van der Waals surface area (Å²) in [7, 11) is 0. The molecule has 0 saturated carbocycles. The van der Waals surface area contributed by atoms with Crippen molar-refractivity contribution in [2.24, 2.45) is 0 Å². The Kier molecular flexibility index (Phi) is 7.40. The number of amides is 1. The summed E-state index contributed by atoms with van der Waals surface area (Å²) in [5, 5.41) is 7.12. The summed E-state index contributed by atoms with van der Waals surface area (Å²) >= 11 is 0. The standard InChI is InChI=1S/C25H25N3O.C2HF3O2/c29-24-25(12-15-27(16-13-25)18-21-9-6-14-26-17-21)22-10-4-5-11-23(22)28(24)19-20-7-2-1-3-8-20;3-2(4,5)1(6)7/h1-11,14,17H,12-13,15-16,18-19H2;(H,6,7). The van der Waals surface area contributed by atoms with Crippen molar-refractivity contribution >= 4 is 17.6 Å². The monoisotopic (exact) mass is 497 g/mol. The summed E-state index contributed by atoms with van der Waals surface area (Å²) in [6, 6.07) is 22.8. The van der Waals surface area contributed by atoms with E-state index in [0.29, 0.717) is 6.54 Å². The second-order valence-electron chi connectivity index (χ2n) is 8.92. The number of aromatic nitrogens is 1. The number of para-hydroxylation sites is 1. The van der Waals surface area contributed by atoms with Crippen LogP contribution in [0.2, 0.25) is 0 Å². The van der Waals surface area contributed by atoms with Crippen molar-refractivity contribution in [3.63, 3.8) is 0 Å². The van der Waals surface area contributed by atoms with Crippen molar-refractivity contribution in [1.29, 1.82) is 0 Å². The fraction of sp³-hybridized carbons (Fsp3) is 0.296. The molecular formula is C27H26F3N3O3. The minimum absolute atomic E-state index is 0.267. The molecule has 9 heteroatoms. The smallest absolute Gasteiger partial charge is 0.475 e. The van der Waals surface area contributed by atoms with Gasteiger partial charge in [0.25, 0.3) is 0 Å². The zero-order chi connectivity index (χ0) is 25.8. The highest BCUT2D eigenvalue weighted by molar-refractivity contribution is 6.08. The zero-order valence-corrected chi connectivity index (χ0v) is 19.5. The Labute approximate surface area is 207 Å².